The Labute approximate surface area is 269 Å². The van der Waals surface area contributed by atoms with Crippen LogP contribution in [0.2, 0.25) is 0 Å². The van der Waals surface area contributed by atoms with Crippen LogP contribution in [-0.2, 0) is 43.8 Å². The Morgan fingerprint density at radius 2 is 0.955 bits per heavy atom. The van der Waals surface area contributed by atoms with Crippen molar-refractivity contribution in [3.63, 3.8) is 0 Å². The zero-order valence-corrected chi connectivity index (χ0v) is 26.3. The van der Waals surface area contributed by atoms with E-state index >= 15 is 0 Å². The average Bonchev–Trinajstić information content (AvgIpc) is 3.22. The Kier molecular flexibility index (Phi) is 29.3. The molecule has 0 aliphatic heterocycles. The van der Waals surface area contributed by atoms with E-state index in [1.165, 1.54) is 13.8 Å². The van der Waals surface area contributed by atoms with Crippen molar-refractivity contribution in [1.29, 1.82) is 10.5 Å². The first-order chi connectivity index (χ1) is 19.6. The first-order valence-electron chi connectivity index (χ1n) is 10.6. The number of rotatable bonds is 6. The van der Waals surface area contributed by atoms with Gasteiger partial charge in [-0.1, -0.05) is 12.1 Å². The first-order valence-corrected chi connectivity index (χ1v) is 14.3. The van der Waals surface area contributed by atoms with Crippen molar-refractivity contribution < 1.29 is 104 Å². The summed E-state index contributed by atoms with van der Waals surface area (Å²) in [6.45, 7) is 5.16. The summed E-state index contributed by atoms with van der Waals surface area (Å²) < 4.78 is 104. The fraction of sp³-hybridized carbons (Fsp3) is 0.286. The summed E-state index contributed by atoms with van der Waals surface area (Å²) in [6, 6.07) is 15.5. The third-order valence-electron chi connectivity index (χ3n) is 3.51. The van der Waals surface area contributed by atoms with Gasteiger partial charge in [0.25, 0.3) is 0 Å². The molecule has 0 N–H and O–H groups in total. The minimum Gasteiger partial charge on any atom is -0.337 e. The zero-order valence-electron chi connectivity index (χ0n) is 22.9. The molecule has 0 bridgehead atoms. The van der Waals surface area contributed by atoms with Crippen LogP contribution in [0, 0.1) is 53.4 Å². The minimum absolute atomic E-state index is 0. The van der Waals surface area contributed by atoms with Crippen LogP contribution in [-0.4, -0.2) is 24.4 Å². The number of hydrogen-bond donors (Lipinski definition) is 0. The van der Waals surface area contributed by atoms with E-state index in [0.717, 1.165) is 36.8 Å². The molecule has 1 radical (unpaired) electrons. The van der Waals surface area contributed by atoms with Crippen molar-refractivity contribution in [3.8, 4) is 12.1 Å². The molecule has 44 heavy (non-hydrogen) atoms. The molecule has 23 heteroatoms. The van der Waals surface area contributed by atoms with Gasteiger partial charge in [-0.15, -0.1) is 30.7 Å². The maximum Gasteiger partial charge on any atom is 3.00 e. The van der Waals surface area contributed by atoms with Crippen LogP contribution in [0.4, 0.5) is 0 Å². The summed E-state index contributed by atoms with van der Waals surface area (Å²) in [6.07, 6.45) is 7.45. The molecule has 0 unspecified atom stereocenters. The van der Waals surface area contributed by atoms with Gasteiger partial charge in [0.2, 0.25) is 0 Å². The molecule has 0 aliphatic carbocycles. The molecular formula is C21H25Cl3FeN7O12. The monoisotopic (exact) mass is 728 g/mol. The van der Waals surface area contributed by atoms with Crippen molar-refractivity contribution >= 4 is 0 Å². The number of pyridine rings is 2. The zero-order chi connectivity index (χ0) is 34.1. The Morgan fingerprint density at radius 1 is 0.636 bits per heavy atom. The molecule has 0 amide bonds. The molecule has 0 fully saturated rings. The Balaban J connectivity index is -0.000000299. The smallest absolute Gasteiger partial charge is 0.337 e. The van der Waals surface area contributed by atoms with Crippen molar-refractivity contribution in [2.45, 2.75) is 33.5 Å². The number of hydrogen-bond acceptors (Lipinski definition) is 18. The fourth-order valence-corrected chi connectivity index (χ4v) is 2.36. The summed E-state index contributed by atoms with van der Waals surface area (Å²) in [5.74, 6) is 1.03. The van der Waals surface area contributed by atoms with Gasteiger partial charge in [0, 0.05) is 58.8 Å². The number of aryl methyl sites for hydroxylation is 1. The van der Waals surface area contributed by atoms with Gasteiger partial charge in [-0.25, -0.2) is 60.9 Å². The predicted molar refractivity (Wildman–Crippen MR) is 107 cm³/mol. The predicted octanol–water partition coefficient (Wildman–Crippen LogP) is -10.8. The molecule has 245 valence electrons. The van der Waals surface area contributed by atoms with E-state index in [0.29, 0.717) is 0 Å². The van der Waals surface area contributed by atoms with Crippen LogP contribution in [0.15, 0.2) is 61.2 Å². The van der Waals surface area contributed by atoms with Gasteiger partial charge in [-0.05, 0) is 24.3 Å². The quantitative estimate of drug-likeness (QED) is 0.212. The minimum atomic E-state index is -4.94. The van der Waals surface area contributed by atoms with E-state index in [-0.39, 0.29) is 17.1 Å². The normalized spacial score (nSPS) is 9.95. The van der Waals surface area contributed by atoms with Gasteiger partial charge >= 0.3 is 17.1 Å². The van der Waals surface area contributed by atoms with Gasteiger partial charge in [-0.3, -0.25) is 14.9 Å². The molecule has 0 saturated heterocycles. The second-order valence-corrected chi connectivity index (χ2v) is 9.09. The molecule has 3 aromatic heterocycles. The maximum atomic E-state index is 8.49. The van der Waals surface area contributed by atoms with Crippen LogP contribution in [0.3, 0.4) is 0 Å². The number of aromatic nitrogens is 4. The third-order valence-corrected chi connectivity index (χ3v) is 3.51. The third kappa shape index (κ3) is 46.3. The van der Waals surface area contributed by atoms with Crippen LogP contribution >= 0.6 is 0 Å². The summed E-state index contributed by atoms with van der Waals surface area (Å²) >= 11 is 0. The van der Waals surface area contributed by atoms with Crippen LogP contribution in [0.5, 0.6) is 0 Å². The maximum absolute atomic E-state index is 8.49. The van der Waals surface area contributed by atoms with Gasteiger partial charge in [0.15, 0.2) is 0 Å². The second-order valence-electron chi connectivity index (χ2n) is 6.82. The number of nitrogens with zero attached hydrogens (tertiary/aromatic N) is 7. The number of nitriles is 2. The average molecular weight is 730 g/mol. The summed E-state index contributed by atoms with van der Waals surface area (Å²) in [7, 11) is -12.8. The Hall–Kier alpha value is -2.64. The summed E-state index contributed by atoms with van der Waals surface area (Å²) in [5.41, 5.74) is 2.10. The van der Waals surface area contributed by atoms with Crippen LogP contribution in [0.25, 0.3) is 0 Å². The van der Waals surface area contributed by atoms with Gasteiger partial charge in [-0.2, -0.15) is 10.5 Å². The number of halogens is 3. The molecule has 3 heterocycles. The van der Waals surface area contributed by atoms with Gasteiger partial charge < -0.3 is 4.57 Å². The molecule has 0 atom stereocenters. The Bertz CT molecular complexity index is 1070. The summed E-state index contributed by atoms with van der Waals surface area (Å²) in [5, 5.41) is 14.6. The van der Waals surface area contributed by atoms with Crippen LogP contribution in [0.1, 0.15) is 31.1 Å². The molecule has 19 nitrogen and oxygen atoms in total. The molecular weight excluding hydrogens is 704 g/mol. The molecule has 0 saturated carbocycles. The largest absolute Gasteiger partial charge is 3.00 e. The van der Waals surface area contributed by atoms with Gasteiger partial charge in [0.1, 0.15) is 5.82 Å². The van der Waals surface area contributed by atoms with Gasteiger partial charge in [0.05, 0.1) is 30.1 Å². The molecule has 3 aromatic rings. The molecule has 0 aliphatic rings. The standard InChI is InChI=1S/C17H19N5.2C2H3N.3ClHO4.Fe/c1-21-11-10-20-17(21)14-22(12-15-6-2-4-8-18-15)13-16-7-3-5-9-19-16;2*1-2-3;3*2-1(3,4)5;/h2-11H,12-14H2,1H3;2*1H3;3*(H,2,3,4,5);/q;;;;;;+3/p-3. The van der Waals surface area contributed by atoms with Crippen molar-refractivity contribution in [3.05, 3.63) is 78.4 Å². The molecule has 3 rings (SSSR count). The first kappa shape index (κ1) is 48.3. The van der Waals surface area contributed by atoms with Crippen molar-refractivity contribution in [1.82, 2.24) is 24.4 Å². The Morgan fingerprint density at radius 3 is 1.18 bits per heavy atom. The van der Waals surface area contributed by atoms with Crippen molar-refractivity contribution in [2.24, 2.45) is 7.05 Å². The second kappa shape index (κ2) is 26.7. The molecule has 0 spiro atoms. The SMILES string of the molecule is CC#N.CC#N.Cn1ccnc1CN(Cc1ccccn1)Cc1ccccn1.[Fe+3].[O-][Cl+3]([O-])([O-])[O-].[O-][Cl+3]([O-])([O-])[O-].[O-][Cl+3]([O-])([O-])[O-]. The van der Waals surface area contributed by atoms with E-state index in [9.17, 15) is 0 Å². The fourth-order valence-electron chi connectivity index (χ4n) is 2.36. The summed E-state index contributed by atoms with van der Waals surface area (Å²) in [4.78, 5) is 15.6. The van der Waals surface area contributed by atoms with E-state index < -0.39 is 30.7 Å². The van der Waals surface area contributed by atoms with E-state index in [2.05, 4.69) is 19.9 Å². The van der Waals surface area contributed by atoms with E-state index in [1.54, 1.807) is 12.1 Å². The van der Waals surface area contributed by atoms with Crippen LogP contribution < -0.4 is 55.9 Å². The van der Waals surface area contributed by atoms with E-state index in [4.69, 9.17) is 66.4 Å². The topological polar surface area (TPSA) is 371 Å². The molecule has 0 aromatic carbocycles. The van der Waals surface area contributed by atoms with E-state index in [1.807, 2.05) is 72.8 Å². The van der Waals surface area contributed by atoms with Crippen molar-refractivity contribution in [2.75, 3.05) is 0 Å². The number of imidazole rings is 1.